The molecule has 0 spiro atoms. The van der Waals surface area contributed by atoms with Gasteiger partial charge < -0.3 is 19.0 Å². The van der Waals surface area contributed by atoms with E-state index in [1.165, 1.54) is 7.11 Å². The first-order valence-corrected chi connectivity index (χ1v) is 12.8. The van der Waals surface area contributed by atoms with Crippen LogP contribution in [-0.4, -0.2) is 32.9 Å². The van der Waals surface area contributed by atoms with E-state index in [0.29, 0.717) is 11.1 Å². The van der Waals surface area contributed by atoms with Crippen LogP contribution in [0.25, 0.3) is 33.0 Å². The molecular weight excluding hydrogens is 488 g/mol. The number of nitrogens with zero attached hydrogens (tertiary/aromatic N) is 2. The van der Waals surface area contributed by atoms with Crippen LogP contribution in [0.15, 0.2) is 97.8 Å². The van der Waals surface area contributed by atoms with Gasteiger partial charge in [0, 0.05) is 45.3 Å². The van der Waals surface area contributed by atoms with Gasteiger partial charge in [-0.1, -0.05) is 48.6 Å². The van der Waals surface area contributed by atoms with Crippen molar-refractivity contribution in [2.24, 2.45) is 0 Å². The normalized spacial score (nSPS) is 15.0. The van der Waals surface area contributed by atoms with Crippen LogP contribution in [0.4, 0.5) is 0 Å². The molecular formula is C33H32N2O4. The number of benzene rings is 2. The van der Waals surface area contributed by atoms with Gasteiger partial charge in [-0.15, -0.1) is 13.2 Å². The van der Waals surface area contributed by atoms with Crippen LogP contribution in [0.5, 0.6) is 0 Å². The van der Waals surface area contributed by atoms with Crippen LogP contribution >= 0.6 is 0 Å². The third-order valence-corrected chi connectivity index (χ3v) is 7.75. The zero-order valence-electron chi connectivity index (χ0n) is 22.9. The number of carbonyl (C=O) groups is 2. The van der Waals surface area contributed by atoms with Crippen LogP contribution in [0.2, 0.25) is 0 Å². The number of Topliss-reactive ketones (excluding diaryl/α,β-unsaturated/α-hetero) is 2. The summed E-state index contributed by atoms with van der Waals surface area (Å²) >= 11 is 0. The number of rotatable bonds is 7. The van der Waals surface area contributed by atoms with Crippen LogP contribution < -0.4 is 0 Å². The fraction of sp³-hybridized carbons (Fsp3) is 0.212. The topological polar surface area (TPSA) is 73.5 Å². The number of fused-ring (bicyclic) bond motifs is 2. The molecule has 6 heteroatoms. The van der Waals surface area contributed by atoms with Gasteiger partial charge >= 0.3 is 0 Å². The standard InChI is InChI=1S/C33H32N2O4/c1-8-32(3,4)34-18-22(20-14-10-12-16-24(20)34)26-28(36)29(37)27(31(39-7)30(26)38)23-19-35(33(5,6)9-2)25-17-13-11-15-21(23)25/h8-19,36H,1-2H2,3-7H3. The van der Waals surface area contributed by atoms with E-state index in [4.69, 9.17) is 4.74 Å². The molecule has 6 nitrogen and oxygen atoms in total. The van der Waals surface area contributed by atoms with Gasteiger partial charge in [-0.3, -0.25) is 9.59 Å². The van der Waals surface area contributed by atoms with E-state index in [1.54, 1.807) is 6.20 Å². The maximum atomic E-state index is 14.1. The summed E-state index contributed by atoms with van der Waals surface area (Å²) in [6, 6.07) is 15.2. The Bertz CT molecular complexity index is 1770. The average molecular weight is 521 g/mol. The van der Waals surface area contributed by atoms with E-state index in [1.807, 2.05) is 104 Å². The van der Waals surface area contributed by atoms with E-state index in [0.717, 1.165) is 21.8 Å². The first-order valence-electron chi connectivity index (χ1n) is 12.8. The summed E-state index contributed by atoms with van der Waals surface area (Å²) in [6.45, 7) is 15.9. The molecule has 0 atom stereocenters. The van der Waals surface area contributed by atoms with Gasteiger partial charge in [0.05, 0.1) is 29.3 Å². The number of aromatic nitrogens is 2. The van der Waals surface area contributed by atoms with E-state index >= 15 is 0 Å². The average Bonchev–Trinajstić information content (AvgIpc) is 3.51. The largest absolute Gasteiger partial charge is 0.504 e. The van der Waals surface area contributed by atoms with E-state index in [2.05, 4.69) is 13.2 Å². The predicted molar refractivity (Wildman–Crippen MR) is 156 cm³/mol. The highest BCUT2D eigenvalue weighted by atomic mass is 16.5. The van der Waals surface area contributed by atoms with Crippen molar-refractivity contribution in [3.8, 4) is 0 Å². The zero-order valence-corrected chi connectivity index (χ0v) is 22.9. The molecule has 2 heterocycles. The maximum absolute atomic E-state index is 14.1. The van der Waals surface area contributed by atoms with Gasteiger partial charge in [0.2, 0.25) is 11.6 Å². The van der Waals surface area contributed by atoms with Gasteiger partial charge in [0.1, 0.15) is 0 Å². The van der Waals surface area contributed by atoms with Gasteiger partial charge in [-0.2, -0.15) is 0 Å². The number of ketones is 2. The van der Waals surface area contributed by atoms with Crippen molar-refractivity contribution in [3.63, 3.8) is 0 Å². The Labute approximate surface area is 227 Å². The second-order valence-electron chi connectivity index (χ2n) is 10.9. The highest BCUT2D eigenvalue weighted by Gasteiger charge is 2.40. The molecule has 4 aromatic rings. The van der Waals surface area contributed by atoms with Crippen LogP contribution in [-0.2, 0) is 25.4 Å². The van der Waals surface area contributed by atoms with Gasteiger partial charge in [-0.05, 0) is 39.8 Å². The second kappa shape index (κ2) is 9.02. The highest BCUT2D eigenvalue weighted by Crippen LogP contribution is 2.42. The number of para-hydroxylation sites is 2. The molecule has 198 valence electrons. The summed E-state index contributed by atoms with van der Waals surface area (Å²) in [5, 5.41) is 12.9. The Morgan fingerprint density at radius 3 is 1.62 bits per heavy atom. The Morgan fingerprint density at radius 1 is 0.744 bits per heavy atom. The lowest BCUT2D eigenvalue weighted by Crippen LogP contribution is -2.24. The zero-order chi connectivity index (χ0) is 28.3. The first kappa shape index (κ1) is 26.0. The van der Waals surface area contributed by atoms with E-state index in [-0.39, 0.29) is 16.9 Å². The smallest absolute Gasteiger partial charge is 0.232 e. The number of methoxy groups -OCH3 is 1. The van der Waals surface area contributed by atoms with Crippen molar-refractivity contribution < 1.29 is 19.4 Å². The summed E-state index contributed by atoms with van der Waals surface area (Å²) in [4.78, 5) is 28.0. The number of aliphatic hydroxyl groups excluding tert-OH is 1. The highest BCUT2D eigenvalue weighted by molar-refractivity contribution is 6.48. The summed E-state index contributed by atoms with van der Waals surface area (Å²) in [5.41, 5.74) is 1.68. The molecule has 1 aliphatic rings. The fourth-order valence-electron chi connectivity index (χ4n) is 5.27. The lowest BCUT2D eigenvalue weighted by molar-refractivity contribution is -0.117. The Morgan fingerprint density at radius 2 is 1.18 bits per heavy atom. The third-order valence-electron chi connectivity index (χ3n) is 7.75. The van der Waals surface area contributed by atoms with E-state index in [9.17, 15) is 14.7 Å². The maximum Gasteiger partial charge on any atom is 0.232 e. The molecule has 5 rings (SSSR count). The lowest BCUT2D eigenvalue weighted by Gasteiger charge is -2.24. The van der Waals surface area contributed by atoms with Crippen molar-refractivity contribution in [2.45, 2.75) is 38.8 Å². The Balaban J connectivity index is 1.77. The molecule has 1 N–H and O–H groups in total. The quantitative estimate of drug-likeness (QED) is 0.212. The Hall–Kier alpha value is -4.58. The van der Waals surface area contributed by atoms with Gasteiger partial charge in [0.25, 0.3) is 0 Å². The SMILES string of the molecule is C=CC(C)(C)n1cc(C2=C(O)C(=O)C(c3cn(C(C)(C)C=C)c4ccccc34)=C(OC)C2=O)c2ccccc21. The number of hydrogen-bond donors (Lipinski definition) is 1. The summed E-state index contributed by atoms with van der Waals surface area (Å²) in [5.74, 6) is -1.92. The third kappa shape index (κ3) is 3.78. The monoisotopic (exact) mass is 520 g/mol. The molecule has 39 heavy (non-hydrogen) atoms. The minimum Gasteiger partial charge on any atom is -0.504 e. The molecule has 0 amide bonds. The Kier molecular flexibility index (Phi) is 6.02. The summed E-state index contributed by atoms with van der Waals surface area (Å²) in [7, 11) is 1.37. The number of ether oxygens (including phenoxy) is 1. The molecule has 2 aromatic heterocycles. The van der Waals surface area contributed by atoms with Crippen LogP contribution in [0.1, 0.15) is 38.8 Å². The van der Waals surface area contributed by atoms with Gasteiger partial charge in [-0.25, -0.2) is 0 Å². The number of allylic oxidation sites excluding steroid dienone is 4. The molecule has 2 aromatic carbocycles. The van der Waals surface area contributed by atoms with Crippen molar-refractivity contribution >= 4 is 44.5 Å². The molecule has 0 bridgehead atoms. The molecule has 0 unspecified atom stereocenters. The van der Waals surface area contributed by atoms with Crippen molar-refractivity contribution in [1.29, 1.82) is 0 Å². The fourth-order valence-corrected chi connectivity index (χ4v) is 5.27. The van der Waals surface area contributed by atoms with E-state index < -0.39 is 28.4 Å². The number of hydrogen-bond acceptors (Lipinski definition) is 4. The number of carbonyl (C=O) groups excluding carboxylic acids is 2. The summed E-state index contributed by atoms with van der Waals surface area (Å²) < 4.78 is 9.62. The van der Waals surface area contributed by atoms with Crippen molar-refractivity contribution in [1.82, 2.24) is 9.13 Å². The molecule has 0 aliphatic heterocycles. The minimum atomic E-state index is -0.666. The summed E-state index contributed by atoms with van der Waals surface area (Å²) in [6.07, 6.45) is 7.24. The van der Waals surface area contributed by atoms with Gasteiger partial charge in [0.15, 0.2) is 11.5 Å². The minimum absolute atomic E-state index is 0.0359. The predicted octanol–water partition coefficient (Wildman–Crippen LogP) is 6.92. The molecule has 0 saturated heterocycles. The lowest BCUT2D eigenvalue weighted by atomic mass is 9.86. The van der Waals surface area contributed by atoms with Crippen molar-refractivity contribution in [2.75, 3.05) is 7.11 Å². The van der Waals surface area contributed by atoms with Crippen molar-refractivity contribution in [3.05, 3.63) is 109 Å². The molecule has 0 saturated carbocycles. The first-order chi connectivity index (χ1) is 18.5. The molecule has 1 aliphatic carbocycles. The molecule has 0 fully saturated rings. The number of aliphatic hydroxyl groups is 1. The van der Waals surface area contributed by atoms with Crippen LogP contribution in [0.3, 0.4) is 0 Å². The second-order valence-corrected chi connectivity index (χ2v) is 10.9. The van der Waals surface area contributed by atoms with Crippen LogP contribution in [0, 0.1) is 0 Å². The molecule has 0 radical (unpaired) electrons.